The smallest absolute Gasteiger partial charge is 0.313 e. The van der Waals surface area contributed by atoms with Crippen molar-refractivity contribution in [1.82, 2.24) is 10.6 Å². The molecule has 1 aromatic carbocycles. The van der Waals surface area contributed by atoms with Crippen LogP contribution in [0.4, 0.5) is 5.69 Å². The van der Waals surface area contributed by atoms with E-state index in [1.165, 1.54) is 6.07 Å². The number of fused-ring (bicyclic) bond motifs is 2. The van der Waals surface area contributed by atoms with E-state index in [0.717, 1.165) is 5.56 Å². The molecule has 2 bridgehead atoms. The predicted molar refractivity (Wildman–Crippen MR) is 81.6 cm³/mol. The molecule has 7 nitrogen and oxygen atoms in total. The number of anilines is 1. The molecular formula is C15H14ClN3O4. The van der Waals surface area contributed by atoms with Crippen molar-refractivity contribution in [2.75, 3.05) is 5.32 Å². The van der Waals surface area contributed by atoms with Crippen LogP contribution in [0, 0.1) is 12.8 Å². The zero-order chi connectivity index (χ0) is 16.8. The molecule has 0 atom stereocenters. The quantitative estimate of drug-likeness (QED) is 0.541. The number of hydrogen-bond acceptors (Lipinski definition) is 4. The predicted octanol–water partition coefficient (Wildman–Crippen LogP) is 0.508. The number of hydrogen-bond donors (Lipinski definition) is 3. The average molecular weight is 336 g/mol. The minimum absolute atomic E-state index is 0.229. The molecule has 3 aliphatic rings. The fraction of sp³-hybridized carbons (Fsp3) is 0.333. The molecule has 4 amide bonds. The molecule has 1 aromatic rings. The van der Waals surface area contributed by atoms with Gasteiger partial charge in [-0.25, -0.2) is 0 Å². The molecule has 0 aromatic heterocycles. The number of aryl methyl sites for hydroxylation is 1. The fourth-order valence-corrected chi connectivity index (χ4v) is 2.96. The van der Waals surface area contributed by atoms with E-state index in [-0.39, 0.29) is 24.7 Å². The minimum atomic E-state index is -1.15. The highest BCUT2D eigenvalue weighted by Gasteiger charge is 2.58. The van der Waals surface area contributed by atoms with Crippen molar-refractivity contribution < 1.29 is 19.2 Å². The Kier molecular flexibility index (Phi) is 3.60. The number of amides is 4. The first-order valence-corrected chi connectivity index (χ1v) is 7.43. The van der Waals surface area contributed by atoms with Gasteiger partial charge in [0.15, 0.2) is 0 Å². The van der Waals surface area contributed by atoms with Crippen LogP contribution in [0.25, 0.3) is 0 Å². The summed E-state index contributed by atoms with van der Waals surface area (Å²) in [6.45, 7) is 1.82. The van der Waals surface area contributed by atoms with Crippen molar-refractivity contribution in [2.45, 2.75) is 25.3 Å². The van der Waals surface area contributed by atoms with Gasteiger partial charge in [-0.15, -0.1) is 0 Å². The van der Waals surface area contributed by atoms with Gasteiger partial charge in [-0.2, -0.15) is 0 Å². The molecule has 0 radical (unpaired) electrons. The van der Waals surface area contributed by atoms with Gasteiger partial charge in [0.25, 0.3) is 5.91 Å². The van der Waals surface area contributed by atoms with E-state index in [9.17, 15) is 19.2 Å². The highest BCUT2D eigenvalue weighted by Crippen LogP contribution is 2.41. The molecule has 2 saturated heterocycles. The minimum Gasteiger partial charge on any atom is -0.333 e. The Hall–Kier alpha value is -2.41. The normalized spacial score (nSPS) is 25.2. The van der Waals surface area contributed by atoms with Crippen LogP contribution in [0.15, 0.2) is 18.2 Å². The second-order valence-corrected chi connectivity index (χ2v) is 6.29. The van der Waals surface area contributed by atoms with Gasteiger partial charge in [-0.05, 0) is 37.5 Å². The maximum atomic E-state index is 12.0. The molecule has 1 aliphatic carbocycles. The van der Waals surface area contributed by atoms with E-state index in [4.69, 9.17) is 11.6 Å². The number of halogens is 1. The van der Waals surface area contributed by atoms with Crippen LogP contribution in [-0.2, 0) is 19.2 Å². The maximum Gasteiger partial charge on any atom is 0.313 e. The Labute approximate surface area is 136 Å². The van der Waals surface area contributed by atoms with E-state index < -0.39 is 23.3 Å². The molecule has 0 unspecified atom stereocenters. The standard InChI is InChI=1S/C15H14ClN3O4/c1-7-2-3-9(4-10(7)16)17-12(21)13(22)19-15-5-8(6-15)11(20)18-14(15)23/h2-4,8H,5-6H2,1H3,(H,17,21)(H,19,22)(H,18,20,23). The van der Waals surface area contributed by atoms with Crippen molar-refractivity contribution in [3.05, 3.63) is 28.8 Å². The van der Waals surface area contributed by atoms with Gasteiger partial charge in [0, 0.05) is 16.6 Å². The van der Waals surface area contributed by atoms with Crippen LogP contribution in [-0.4, -0.2) is 29.2 Å². The molecule has 1 saturated carbocycles. The summed E-state index contributed by atoms with van der Waals surface area (Å²) >= 11 is 5.96. The Morgan fingerprint density at radius 3 is 2.57 bits per heavy atom. The number of carbonyl (C=O) groups excluding carboxylic acids is 4. The summed E-state index contributed by atoms with van der Waals surface area (Å²) in [5.74, 6) is -3.00. The lowest BCUT2D eigenvalue weighted by Crippen LogP contribution is -2.73. The van der Waals surface area contributed by atoms with Gasteiger partial charge < -0.3 is 10.6 Å². The van der Waals surface area contributed by atoms with E-state index >= 15 is 0 Å². The summed E-state index contributed by atoms with van der Waals surface area (Å²) in [7, 11) is 0. The zero-order valence-electron chi connectivity index (χ0n) is 12.2. The van der Waals surface area contributed by atoms with Crippen LogP contribution < -0.4 is 16.0 Å². The molecule has 4 rings (SSSR count). The number of piperidine rings is 2. The molecule has 8 heteroatoms. The van der Waals surface area contributed by atoms with Gasteiger partial charge in [0.05, 0.1) is 0 Å². The second kappa shape index (κ2) is 5.34. The number of rotatable bonds is 2. The zero-order valence-corrected chi connectivity index (χ0v) is 13.0. The lowest BCUT2D eigenvalue weighted by atomic mass is 9.64. The molecule has 2 heterocycles. The van der Waals surface area contributed by atoms with Crippen molar-refractivity contribution in [1.29, 1.82) is 0 Å². The van der Waals surface area contributed by atoms with Crippen LogP contribution >= 0.6 is 11.6 Å². The topological polar surface area (TPSA) is 104 Å². The van der Waals surface area contributed by atoms with Crippen molar-refractivity contribution in [3.63, 3.8) is 0 Å². The van der Waals surface area contributed by atoms with Crippen LogP contribution in [0.2, 0.25) is 5.02 Å². The van der Waals surface area contributed by atoms with Crippen LogP contribution in [0.5, 0.6) is 0 Å². The summed E-state index contributed by atoms with van der Waals surface area (Å²) in [4.78, 5) is 47.2. The molecule has 0 spiro atoms. The summed E-state index contributed by atoms with van der Waals surface area (Å²) < 4.78 is 0. The Bertz CT molecular complexity index is 740. The third-order valence-electron chi connectivity index (χ3n) is 4.22. The van der Waals surface area contributed by atoms with Gasteiger partial charge in [0.1, 0.15) is 5.54 Å². The SMILES string of the molecule is Cc1ccc(NC(=O)C(=O)NC23CC(C2)C(=O)NC3=O)cc1Cl. The first-order valence-electron chi connectivity index (χ1n) is 7.06. The maximum absolute atomic E-state index is 12.0. The lowest BCUT2D eigenvalue weighted by molar-refractivity contribution is -0.156. The third-order valence-corrected chi connectivity index (χ3v) is 4.63. The van der Waals surface area contributed by atoms with Crippen molar-refractivity contribution >= 4 is 40.9 Å². The largest absolute Gasteiger partial charge is 0.333 e. The van der Waals surface area contributed by atoms with E-state index in [1.54, 1.807) is 12.1 Å². The average Bonchev–Trinajstić information content (AvgIpc) is 2.44. The second-order valence-electron chi connectivity index (χ2n) is 5.88. The fourth-order valence-electron chi connectivity index (χ4n) is 2.78. The van der Waals surface area contributed by atoms with Gasteiger partial charge in [0.2, 0.25) is 5.91 Å². The molecular weight excluding hydrogens is 322 g/mol. The monoisotopic (exact) mass is 335 g/mol. The lowest BCUT2D eigenvalue weighted by Gasteiger charge is -2.49. The number of carbonyl (C=O) groups is 4. The Morgan fingerprint density at radius 1 is 1.26 bits per heavy atom. The third kappa shape index (κ3) is 2.68. The van der Waals surface area contributed by atoms with Crippen LogP contribution in [0.3, 0.4) is 0 Å². The molecule has 3 N–H and O–H groups in total. The molecule has 2 aliphatic heterocycles. The number of benzene rings is 1. The molecule has 3 fully saturated rings. The number of nitrogens with one attached hydrogen (secondary N) is 3. The first-order chi connectivity index (χ1) is 10.8. The Morgan fingerprint density at radius 2 is 1.96 bits per heavy atom. The summed E-state index contributed by atoms with van der Waals surface area (Å²) in [6, 6.07) is 4.87. The van der Waals surface area contributed by atoms with Gasteiger partial charge in [-0.1, -0.05) is 17.7 Å². The van der Waals surface area contributed by atoms with E-state index in [2.05, 4.69) is 16.0 Å². The highest BCUT2D eigenvalue weighted by atomic mass is 35.5. The molecule has 120 valence electrons. The molecule has 23 heavy (non-hydrogen) atoms. The summed E-state index contributed by atoms with van der Waals surface area (Å²) in [5.41, 5.74) is 0.0721. The van der Waals surface area contributed by atoms with Crippen molar-refractivity contribution in [2.24, 2.45) is 5.92 Å². The summed E-state index contributed by atoms with van der Waals surface area (Å²) in [6.07, 6.45) is 0.458. The summed E-state index contributed by atoms with van der Waals surface area (Å²) in [5, 5.41) is 7.50. The Balaban J connectivity index is 1.64. The number of imide groups is 1. The van der Waals surface area contributed by atoms with Gasteiger partial charge in [-0.3, -0.25) is 24.5 Å². The van der Waals surface area contributed by atoms with Crippen LogP contribution in [0.1, 0.15) is 18.4 Å². The van der Waals surface area contributed by atoms with E-state index in [0.29, 0.717) is 10.7 Å². The van der Waals surface area contributed by atoms with Crippen molar-refractivity contribution in [3.8, 4) is 0 Å². The van der Waals surface area contributed by atoms with Gasteiger partial charge >= 0.3 is 11.8 Å². The first kappa shape index (κ1) is 15.5. The highest BCUT2D eigenvalue weighted by molar-refractivity contribution is 6.40. The van der Waals surface area contributed by atoms with E-state index in [1.807, 2.05) is 6.92 Å².